The second-order valence-corrected chi connectivity index (χ2v) is 3.22. The Labute approximate surface area is 91.1 Å². The van der Waals surface area contributed by atoms with Crippen LogP contribution in [0.4, 0.5) is 0 Å². The maximum absolute atomic E-state index is 10.7. The molecule has 6 nitrogen and oxygen atoms in total. The second-order valence-electron chi connectivity index (χ2n) is 3.22. The quantitative estimate of drug-likeness (QED) is 0.558. The molecule has 0 spiro atoms. The number of carbonyl (C=O) groups is 2. The first-order valence-electron chi connectivity index (χ1n) is 4.44. The molecule has 0 aromatic heterocycles. The fourth-order valence-electron chi connectivity index (χ4n) is 1.20. The number of carbonyl (C=O) groups excluding carboxylic acids is 1. The standard InChI is InChI=1S/C10H11NO5/c1-5(12)11-4-6-2-7(13)3-8(9(6)14)10(15)16/h2-3,13-14H,4H2,1H3,(H,11,12)(H,15,16). The first kappa shape index (κ1) is 11.8. The van der Waals surface area contributed by atoms with Gasteiger partial charge in [-0.15, -0.1) is 0 Å². The number of carboxylic acids is 1. The van der Waals surface area contributed by atoms with Crippen molar-refractivity contribution in [3.05, 3.63) is 23.3 Å². The van der Waals surface area contributed by atoms with Gasteiger partial charge in [0.25, 0.3) is 0 Å². The maximum Gasteiger partial charge on any atom is 0.339 e. The number of phenols is 2. The molecule has 1 amide bonds. The summed E-state index contributed by atoms with van der Waals surface area (Å²) in [4.78, 5) is 21.4. The van der Waals surface area contributed by atoms with Gasteiger partial charge in [-0.2, -0.15) is 0 Å². The number of rotatable bonds is 3. The molecule has 1 aromatic rings. The van der Waals surface area contributed by atoms with Crippen molar-refractivity contribution in [1.82, 2.24) is 5.32 Å². The summed E-state index contributed by atoms with van der Waals surface area (Å²) in [5.74, 6) is -2.41. The van der Waals surface area contributed by atoms with Gasteiger partial charge in [-0.25, -0.2) is 4.79 Å². The summed E-state index contributed by atoms with van der Waals surface area (Å²) in [6.45, 7) is 1.24. The fraction of sp³-hybridized carbons (Fsp3) is 0.200. The Morgan fingerprint density at radius 1 is 1.31 bits per heavy atom. The summed E-state index contributed by atoms with van der Waals surface area (Å²) in [5, 5.41) is 29.9. The zero-order valence-corrected chi connectivity index (χ0v) is 8.52. The predicted octanol–water partition coefficient (Wildman–Crippen LogP) is 0.432. The maximum atomic E-state index is 10.7. The van der Waals surface area contributed by atoms with E-state index in [9.17, 15) is 19.8 Å². The van der Waals surface area contributed by atoms with Crippen LogP contribution in [-0.2, 0) is 11.3 Å². The van der Waals surface area contributed by atoms with Crippen LogP contribution in [0.2, 0.25) is 0 Å². The van der Waals surface area contributed by atoms with Crippen molar-refractivity contribution in [3.63, 3.8) is 0 Å². The Bertz CT molecular complexity index is 441. The summed E-state index contributed by atoms with van der Waals surface area (Å²) >= 11 is 0. The lowest BCUT2D eigenvalue weighted by atomic mass is 10.1. The molecule has 0 atom stereocenters. The molecule has 1 aromatic carbocycles. The van der Waals surface area contributed by atoms with E-state index in [0.717, 1.165) is 6.07 Å². The molecule has 0 fully saturated rings. The number of hydrogen-bond donors (Lipinski definition) is 4. The van der Waals surface area contributed by atoms with Gasteiger partial charge in [-0.3, -0.25) is 4.79 Å². The van der Waals surface area contributed by atoms with Gasteiger partial charge in [0, 0.05) is 19.0 Å². The molecular weight excluding hydrogens is 214 g/mol. The number of amides is 1. The van der Waals surface area contributed by atoms with Crippen LogP contribution >= 0.6 is 0 Å². The predicted molar refractivity (Wildman–Crippen MR) is 54.3 cm³/mol. The van der Waals surface area contributed by atoms with Gasteiger partial charge in [0.2, 0.25) is 5.91 Å². The lowest BCUT2D eigenvalue weighted by molar-refractivity contribution is -0.119. The van der Waals surface area contributed by atoms with Gasteiger partial charge in [0.15, 0.2) is 0 Å². The number of carboxylic acid groups (broad SMARTS) is 1. The lowest BCUT2D eigenvalue weighted by Crippen LogP contribution is -2.19. The van der Waals surface area contributed by atoms with Crippen molar-refractivity contribution in [2.75, 3.05) is 0 Å². The molecule has 0 saturated carbocycles. The summed E-state index contributed by atoms with van der Waals surface area (Å²) in [5.41, 5.74) is -0.257. The van der Waals surface area contributed by atoms with Crippen LogP contribution in [0.1, 0.15) is 22.8 Å². The monoisotopic (exact) mass is 225 g/mol. The second kappa shape index (κ2) is 4.52. The highest BCUT2D eigenvalue weighted by atomic mass is 16.4. The number of nitrogens with one attached hydrogen (secondary N) is 1. The third-order valence-electron chi connectivity index (χ3n) is 1.93. The normalized spacial score (nSPS) is 9.81. The first-order chi connectivity index (χ1) is 7.41. The largest absolute Gasteiger partial charge is 0.508 e. The zero-order chi connectivity index (χ0) is 12.3. The van der Waals surface area contributed by atoms with Crippen LogP contribution < -0.4 is 5.32 Å². The number of hydrogen-bond acceptors (Lipinski definition) is 4. The highest BCUT2D eigenvalue weighted by Crippen LogP contribution is 2.27. The molecule has 0 aliphatic rings. The van der Waals surface area contributed by atoms with Crippen molar-refractivity contribution in [3.8, 4) is 11.5 Å². The van der Waals surface area contributed by atoms with E-state index in [0.29, 0.717) is 0 Å². The van der Waals surface area contributed by atoms with E-state index in [1.807, 2.05) is 0 Å². The lowest BCUT2D eigenvalue weighted by Gasteiger charge is -2.08. The Morgan fingerprint density at radius 2 is 1.94 bits per heavy atom. The van der Waals surface area contributed by atoms with E-state index >= 15 is 0 Å². The van der Waals surface area contributed by atoms with Crippen molar-refractivity contribution in [2.24, 2.45) is 0 Å². The molecule has 6 heteroatoms. The van der Waals surface area contributed by atoms with E-state index in [2.05, 4.69) is 5.32 Å². The van der Waals surface area contributed by atoms with Crippen molar-refractivity contribution >= 4 is 11.9 Å². The average molecular weight is 225 g/mol. The Balaban J connectivity index is 3.09. The minimum atomic E-state index is -1.35. The van der Waals surface area contributed by atoms with Gasteiger partial charge in [-0.05, 0) is 12.1 Å². The molecule has 0 aliphatic heterocycles. The SMILES string of the molecule is CC(=O)NCc1cc(O)cc(C(=O)O)c1O. The summed E-state index contributed by atoms with van der Waals surface area (Å²) in [7, 11) is 0. The molecule has 0 radical (unpaired) electrons. The topological polar surface area (TPSA) is 107 Å². The van der Waals surface area contributed by atoms with Crippen molar-refractivity contribution in [2.45, 2.75) is 13.5 Å². The third-order valence-corrected chi connectivity index (χ3v) is 1.93. The van der Waals surface area contributed by atoms with E-state index in [1.165, 1.54) is 13.0 Å². The van der Waals surface area contributed by atoms with E-state index in [4.69, 9.17) is 5.11 Å². The van der Waals surface area contributed by atoms with E-state index in [-0.39, 0.29) is 23.8 Å². The minimum absolute atomic E-state index is 0.0458. The average Bonchev–Trinajstić information content (AvgIpc) is 2.18. The van der Waals surface area contributed by atoms with E-state index in [1.54, 1.807) is 0 Å². The summed E-state index contributed by atoms with van der Waals surface area (Å²) < 4.78 is 0. The van der Waals surface area contributed by atoms with E-state index < -0.39 is 17.3 Å². The molecule has 0 bridgehead atoms. The van der Waals surface area contributed by atoms with Crippen LogP contribution in [0.5, 0.6) is 11.5 Å². The summed E-state index contributed by atoms with van der Waals surface area (Å²) in [6.07, 6.45) is 0. The van der Waals surface area contributed by atoms with Gasteiger partial charge in [0.05, 0.1) is 0 Å². The highest BCUT2D eigenvalue weighted by Gasteiger charge is 2.15. The number of phenolic OH excluding ortho intramolecular Hbond substituents is 1. The molecule has 0 saturated heterocycles. The Morgan fingerprint density at radius 3 is 2.44 bits per heavy atom. The molecule has 0 heterocycles. The van der Waals surface area contributed by atoms with Crippen LogP contribution in [0.3, 0.4) is 0 Å². The zero-order valence-electron chi connectivity index (χ0n) is 8.52. The molecule has 16 heavy (non-hydrogen) atoms. The van der Waals surface area contributed by atoms with Gasteiger partial charge >= 0.3 is 5.97 Å². The van der Waals surface area contributed by atoms with Crippen molar-refractivity contribution < 1.29 is 24.9 Å². The number of benzene rings is 1. The molecule has 86 valence electrons. The van der Waals surface area contributed by atoms with Crippen LogP contribution in [-0.4, -0.2) is 27.2 Å². The Hall–Kier alpha value is -2.24. The molecule has 4 N–H and O–H groups in total. The number of aromatic carboxylic acids is 1. The molecule has 0 aliphatic carbocycles. The third kappa shape index (κ3) is 2.63. The molecule has 1 rings (SSSR count). The van der Waals surface area contributed by atoms with Gasteiger partial charge < -0.3 is 20.6 Å². The first-order valence-corrected chi connectivity index (χ1v) is 4.44. The van der Waals surface area contributed by atoms with Crippen LogP contribution in [0.15, 0.2) is 12.1 Å². The van der Waals surface area contributed by atoms with Gasteiger partial charge in [-0.1, -0.05) is 0 Å². The van der Waals surface area contributed by atoms with Crippen LogP contribution in [0, 0.1) is 0 Å². The smallest absolute Gasteiger partial charge is 0.339 e. The number of aromatic hydroxyl groups is 2. The highest BCUT2D eigenvalue weighted by molar-refractivity contribution is 5.92. The minimum Gasteiger partial charge on any atom is -0.508 e. The van der Waals surface area contributed by atoms with Crippen molar-refractivity contribution in [1.29, 1.82) is 0 Å². The van der Waals surface area contributed by atoms with Crippen LogP contribution in [0.25, 0.3) is 0 Å². The summed E-state index contributed by atoms with van der Waals surface area (Å²) in [6, 6.07) is 2.13. The molecule has 0 unspecified atom stereocenters. The fourth-order valence-corrected chi connectivity index (χ4v) is 1.20. The Kier molecular flexibility index (Phi) is 3.34. The van der Waals surface area contributed by atoms with Gasteiger partial charge in [0.1, 0.15) is 17.1 Å². The molecular formula is C10H11NO5.